The van der Waals surface area contributed by atoms with Crippen LogP contribution in [0.2, 0.25) is 5.02 Å². The first-order valence-electron chi connectivity index (χ1n) is 6.40. The summed E-state index contributed by atoms with van der Waals surface area (Å²) in [6.07, 6.45) is 2.42. The number of hydrogen-bond donors (Lipinski definition) is 1. The molecule has 1 fully saturated rings. The van der Waals surface area contributed by atoms with Crippen LogP contribution >= 0.6 is 11.6 Å². The van der Waals surface area contributed by atoms with E-state index in [0.717, 1.165) is 23.9 Å². The maximum atomic E-state index is 5.93. The summed E-state index contributed by atoms with van der Waals surface area (Å²) in [4.78, 5) is 2.40. The van der Waals surface area contributed by atoms with Crippen LogP contribution in [0, 0.1) is 0 Å². The fourth-order valence-corrected chi connectivity index (χ4v) is 2.73. The minimum absolute atomic E-state index is 0.119. The zero-order valence-electron chi connectivity index (χ0n) is 11.1. The van der Waals surface area contributed by atoms with Gasteiger partial charge in [0.25, 0.3) is 0 Å². The van der Waals surface area contributed by atoms with Crippen LogP contribution in [0.1, 0.15) is 12.8 Å². The van der Waals surface area contributed by atoms with Gasteiger partial charge in [-0.2, -0.15) is 0 Å². The molecule has 1 atom stereocenters. The molecule has 1 N–H and O–H groups in total. The maximum absolute atomic E-state index is 5.93. The second-order valence-corrected chi connectivity index (χ2v) is 5.46. The number of nitrogens with one attached hydrogen (secondary N) is 1. The van der Waals surface area contributed by atoms with E-state index in [4.69, 9.17) is 16.3 Å². The number of rotatable bonds is 5. The van der Waals surface area contributed by atoms with Gasteiger partial charge in [-0.05, 0) is 57.7 Å². The van der Waals surface area contributed by atoms with Crippen LogP contribution in [0.3, 0.4) is 0 Å². The van der Waals surface area contributed by atoms with Crippen LogP contribution in [-0.4, -0.2) is 44.2 Å². The van der Waals surface area contributed by atoms with Gasteiger partial charge in [0.05, 0.1) is 5.54 Å². The molecule has 1 heterocycles. The van der Waals surface area contributed by atoms with E-state index >= 15 is 0 Å². The fraction of sp³-hybridized carbons (Fsp3) is 0.571. The molecule has 0 saturated carbocycles. The van der Waals surface area contributed by atoms with E-state index < -0.39 is 0 Å². The smallest absolute Gasteiger partial charge is 0.119 e. The largest absolute Gasteiger partial charge is 0.492 e. The summed E-state index contributed by atoms with van der Waals surface area (Å²) in [6, 6.07) is 7.56. The molecule has 0 aromatic heterocycles. The van der Waals surface area contributed by atoms with Gasteiger partial charge in [-0.1, -0.05) is 11.6 Å². The van der Waals surface area contributed by atoms with Gasteiger partial charge in [0.2, 0.25) is 0 Å². The molecule has 1 aliphatic rings. The Kier molecular flexibility index (Phi) is 4.49. The van der Waals surface area contributed by atoms with Crippen LogP contribution in [0.15, 0.2) is 24.3 Å². The Hall–Kier alpha value is -0.770. The summed E-state index contributed by atoms with van der Waals surface area (Å²) in [5, 5.41) is 4.02. The van der Waals surface area contributed by atoms with Gasteiger partial charge in [0, 0.05) is 11.6 Å². The van der Waals surface area contributed by atoms with Gasteiger partial charge in [0.1, 0.15) is 12.4 Å². The lowest BCUT2D eigenvalue weighted by Crippen LogP contribution is -2.52. The second kappa shape index (κ2) is 5.91. The van der Waals surface area contributed by atoms with Crippen LogP contribution in [-0.2, 0) is 0 Å². The van der Waals surface area contributed by atoms with Gasteiger partial charge in [0.15, 0.2) is 0 Å². The number of nitrogens with zero attached hydrogens (tertiary/aromatic N) is 1. The highest BCUT2D eigenvalue weighted by molar-refractivity contribution is 6.30. The van der Waals surface area contributed by atoms with Crippen molar-refractivity contribution >= 4 is 11.6 Å². The molecule has 1 aromatic carbocycles. The molecule has 18 heavy (non-hydrogen) atoms. The van der Waals surface area contributed by atoms with Crippen LogP contribution in [0.5, 0.6) is 5.75 Å². The molecule has 0 radical (unpaired) electrons. The first-order valence-corrected chi connectivity index (χ1v) is 6.78. The number of likely N-dealkylation sites (N-methyl/N-ethyl adjacent to an activating group) is 2. The summed E-state index contributed by atoms with van der Waals surface area (Å²) in [5.74, 6) is 0.884. The highest BCUT2D eigenvalue weighted by Crippen LogP contribution is 2.28. The lowest BCUT2D eigenvalue weighted by molar-refractivity contribution is 0.0976. The predicted octanol–water partition coefficient (Wildman–Crippen LogP) is 2.40. The van der Waals surface area contributed by atoms with Crippen molar-refractivity contribution < 1.29 is 4.74 Å². The number of halogens is 1. The lowest BCUT2D eigenvalue weighted by Gasteiger charge is -2.35. The molecule has 1 aliphatic heterocycles. The SMILES string of the molecule is CNCC1(COc2ccc(Cl)cc2)CCCN1C. The standard InChI is InChI=1S/C14H21ClN2O/c1-16-10-14(8-3-9-17(14)2)11-18-13-6-4-12(15)5-7-13/h4-7,16H,3,8-11H2,1-2H3. The molecule has 0 amide bonds. The first kappa shape index (κ1) is 13.7. The predicted molar refractivity (Wildman–Crippen MR) is 75.5 cm³/mol. The van der Waals surface area contributed by atoms with E-state index in [1.165, 1.54) is 12.8 Å². The fourth-order valence-electron chi connectivity index (χ4n) is 2.61. The third-order valence-electron chi connectivity index (χ3n) is 3.77. The van der Waals surface area contributed by atoms with Gasteiger partial charge < -0.3 is 10.1 Å². The van der Waals surface area contributed by atoms with E-state index in [-0.39, 0.29) is 5.54 Å². The number of hydrogen-bond acceptors (Lipinski definition) is 3. The van der Waals surface area contributed by atoms with Gasteiger partial charge >= 0.3 is 0 Å². The number of ether oxygens (including phenoxy) is 1. The molecule has 4 heteroatoms. The second-order valence-electron chi connectivity index (χ2n) is 5.02. The summed E-state index contributed by atoms with van der Waals surface area (Å²) < 4.78 is 5.93. The average molecular weight is 269 g/mol. The average Bonchev–Trinajstić information content (AvgIpc) is 2.71. The van der Waals surface area contributed by atoms with Crippen molar-refractivity contribution in [3.05, 3.63) is 29.3 Å². The molecular formula is C14H21ClN2O. The molecule has 3 nitrogen and oxygen atoms in total. The molecule has 1 saturated heterocycles. The normalized spacial score (nSPS) is 24.4. The zero-order chi connectivity index (χ0) is 13.0. The van der Waals surface area contributed by atoms with Gasteiger partial charge in [-0.15, -0.1) is 0 Å². The van der Waals surface area contributed by atoms with Crippen LogP contribution in [0.4, 0.5) is 0 Å². The molecule has 1 aromatic rings. The van der Waals surface area contributed by atoms with E-state index in [1.54, 1.807) is 0 Å². The minimum atomic E-state index is 0.119. The van der Waals surface area contributed by atoms with E-state index in [2.05, 4.69) is 17.3 Å². The Balaban J connectivity index is 1.99. The highest BCUT2D eigenvalue weighted by atomic mass is 35.5. The van der Waals surface area contributed by atoms with Crippen LogP contribution in [0.25, 0.3) is 0 Å². The molecule has 1 unspecified atom stereocenters. The maximum Gasteiger partial charge on any atom is 0.119 e. The third kappa shape index (κ3) is 2.97. The highest BCUT2D eigenvalue weighted by Gasteiger charge is 2.38. The molecule has 100 valence electrons. The summed E-state index contributed by atoms with van der Waals surface area (Å²) >= 11 is 5.87. The van der Waals surface area contributed by atoms with Crippen molar-refractivity contribution in [1.29, 1.82) is 0 Å². The van der Waals surface area contributed by atoms with E-state index in [0.29, 0.717) is 6.61 Å². The van der Waals surface area contributed by atoms with Crippen molar-refractivity contribution in [2.24, 2.45) is 0 Å². The van der Waals surface area contributed by atoms with Crippen molar-refractivity contribution in [2.45, 2.75) is 18.4 Å². The number of likely N-dealkylation sites (tertiary alicyclic amines) is 1. The Morgan fingerprint density at radius 2 is 2.11 bits per heavy atom. The zero-order valence-corrected chi connectivity index (χ0v) is 11.8. The topological polar surface area (TPSA) is 24.5 Å². The van der Waals surface area contributed by atoms with Crippen molar-refractivity contribution in [3.8, 4) is 5.75 Å². The van der Waals surface area contributed by atoms with Gasteiger partial charge in [-0.25, -0.2) is 0 Å². The van der Waals surface area contributed by atoms with E-state index in [1.807, 2.05) is 31.3 Å². The Morgan fingerprint density at radius 1 is 1.39 bits per heavy atom. The Bertz CT molecular complexity index is 382. The van der Waals surface area contributed by atoms with E-state index in [9.17, 15) is 0 Å². The van der Waals surface area contributed by atoms with Gasteiger partial charge in [-0.3, -0.25) is 4.90 Å². The van der Waals surface area contributed by atoms with Crippen LogP contribution < -0.4 is 10.1 Å². The third-order valence-corrected chi connectivity index (χ3v) is 4.02. The molecule has 0 bridgehead atoms. The Labute approximate surface area is 114 Å². The first-order chi connectivity index (χ1) is 8.66. The Morgan fingerprint density at radius 3 is 2.67 bits per heavy atom. The number of benzene rings is 1. The minimum Gasteiger partial charge on any atom is -0.492 e. The van der Waals surface area contributed by atoms with Crippen molar-refractivity contribution in [3.63, 3.8) is 0 Å². The summed E-state index contributed by atoms with van der Waals surface area (Å²) in [7, 11) is 4.17. The molecule has 0 aliphatic carbocycles. The van der Waals surface area contributed by atoms with Crippen molar-refractivity contribution in [1.82, 2.24) is 10.2 Å². The van der Waals surface area contributed by atoms with Crippen molar-refractivity contribution in [2.75, 3.05) is 33.8 Å². The lowest BCUT2D eigenvalue weighted by atomic mass is 9.97. The quantitative estimate of drug-likeness (QED) is 0.888. The summed E-state index contributed by atoms with van der Waals surface area (Å²) in [6.45, 7) is 2.81. The molecular weight excluding hydrogens is 248 g/mol. The molecule has 2 rings (SSSR count). The monoisotopic (exact) mass is 268 g/mol. The molecule has 0 spiro atoms. The summed E-state index contributed by atoms with van der Waals surface area (Å²) in [5.41, 5.74) is 0.119.